The van der Waals surface area contributed by atoms with E-state index in [0.29, 0.717) is 6.42 Å². The summed E-state index contributed by atoms with van der Waals surface area (Å²) in [4.78, 5) is 65.0. The molecule has 1 saturated heterocycles. The van der Waals surface area contributed by atoms with E-state index in [1.807, 2.05) is 36.4 Å². The van der Waals surface area contributed by atoms with Gasteiger partial charge in [-0.2, -0.15) is 5.26 Å². The van der Waals surface area contributed by atoms with Crippen molar-refractivity contribution in [1.29, 1.82) is 5.26 Å². The average Bonchev–Trinajstić information content (AvgIpc) is 3.33. The summed E-state index contributed by atoms with van der Waals surface area (Å²) >= 11 is 0. The molecule has 2 unspecified atom stereocenters. The Morgan fingerprint density at radius 3 is 2.55 bits per heavy atom. The van der Waals surface area contributed by atoms with E-state index in [0.717, 1.165) is 10.1 Å². The van der Waals surface area contributed by atoms with Crippen LogP contribution in [0, 0.1) is 11.3 Å². The summed E-state index contributed by atoms with van der Waals surface area (Å²) in [6.45, 7) is 2.18. The zero-order chi connectivity index (χ0) is 30.1. The highest BCUT2D eigenvalue weighted by Crippen LogP contribution is 2.46. The number of carbonyl (C=O) groups excluding carboxylic acids is 3. The lowest BCUT2D eigenvalue weighted by Crippen LogP contribution is -2.38. The minimum absolute atomic E-state index is 0.000598. The van der Waals surface area contributed by atoms with E-state index in [1.165, 1.54) is 20.0 Å². The number of nitriles is 1. The zero-order valence-corrected chi connectivity index (χ0v) is 22.8. The molecule has 2 aromatic rings. The van der Waals surface area contributed by atoms with E-state index in [2.05, 4.69) is 4.98 Å². The molecule has 3 heterocycles. The van der Waals surface area contributed by atoms with E-state index >= 15 is 0 Å². The summed E-state index contributed by atoms with van der Waals surface area (Å²) in [7, 11) is 0. The molecule has 13 nitrogen and oxygen atoms in total. The molecule has 42 heavy (non-hydrogen) atoms. The number of nitrogens with one attached hydrogen (secondary N) is 1. The van der Waals surface area contributed by atoms with Gasteiger partial charge in [0.25, 0.3) is 5.56 Å². The number of ketones is 1. The molecular formula is C29H28N4O9. The lowest BCUT2D eigenvalue weighted by Gasteiger charge is -2.33. The minimum Gasteiger partial charge on any atom is -0.463 e. The molecule has 13 heteroatoms. The molecule has 5 atom stereocenters. The van der Waals surface area contributed by atoms with E-state index < -0.39 is 47.5 Å². The fourth-order valence-electron chi connectivity index (χ4n) is 5.66. The van der Waals surface area contributed by atoms with Crippen LogP contribution in [0.25, 0.3) is 0 Å². The van der Waals surface area contributed by atoms with Gasteiger partial charge in [-0.05, 0) is 11.5 Å². The van der Waals surface area contributed by atoms with Crippen molar-refractivity contribution in [2.24, 2.45) is 5.73 Å². The van der Waals surface area contributed by atoms with Gasteiger partial charge in [-0.1, -0.05) is 30.3 Å². The fraction of sp³-hybridized carbons (Fsp3) is 0.379. The number of ether oxygens (including phenoxy) is 4. The van der Waals surface area contributed by atoms with Gasteiger partial charge < -0.3 is 24.7 Å². The minimum atomic E-state index is -1.19. The number of nitrogens with zero attached hydrogens (tertiary/aromatic N) is 2. The van der Waals surface area contributed by atoms with Crippen molar-refractivity contribution in [3.05, 3.63) is 91.3 Å². The molecule has 3 N–H and O–H groups in total. The lowest BCUT2D eigenvalue weighted by molar-refractivity contribution is -0.155. The van der Waals surface area contributed by atoms with Crippen LogP contribution >= 0.6 is 0 Å². The van der Waals surface area contributed by atoms with Crippen molar-refractivity contribution >= 4 is 17.7 Å². The van der Waals surface area contributed by atoms with Gasteiger partial charge in [0, 0.05) is 50.4 Å². The number of nitrogens with two attached hydrogens (primary N) is 1. The Balaban J connectivity index is 1.55. The second-order valence-corrected chi connectivity index (χ2v) is 10.3. The van der Waals surface area contributed by atoms with Gasteiger partial charge in [0.2, 0.25) is 5.88 Å². The largest absolute Gasteiger partial charge is 0.463 e. The number of aromatic amines is 1. The van der Waals surface area contributed by atoms with Crippen molar-refractivity contribution in [1.82, 2.24) is 9.55 Å². The Bertz CT molecular complexity index is 1660. The smallest absolute Gasteiger partial charge is 0.330 e. The molecule has 0 bridgehead atoms. The number of rotatable bonds is 6. The molecule has 1 aromatic carbocycles. The Kier molecular flexibility index (Phi) is 7.82. The number of hydrogen-bond donors (Lipinski definition) is 2. The standard InChI is InChI=1S/C29H28N4O9/c1-14(34)39-13-23-21(40-15(2)35)10-24(41-23)33-12-19(28(37)32-29(33)38)25-18(11-30)27(31)42-22-9-17(8-20(36)26(22)25)16-6-4-3-5-7-16/h3-7,12,17,21,23-25H,8-10,13,31H2,1-2H3,(H,32,37,38)/t17?,21-,23+,24+,25?/m0/s1. The highest BCUT2D eigenvalue weighted by atomic mass is 16.6. The van der Waals surface area contributed by atoms with E-state index in [1.54, 1.807) is 0 Å². The van der Waals surface area contributed by atoms with Crippen molar-refractivity contribution < 1.29 is 33.3 Å². The quantitative estimate of drug-likeness (QED) is 0.474. The lowest BCUT2D eigenvalue weighted by atomic mass is 9.74. The molecule has 3 aliphatic rings. The Labute approximate surface area is 239 Å². The normalized spacial score (nSPS) is 25.4. The van der Waals surface area contributed by atoms with Gasteiger partial charge in [-0.15, -0.1) is 0 Å². The van der Waals surface area contributed by atoms with E-state index in [4.69, 9.17) is 24.7 Å². The Morgan fingerprint density at radius 2 is 1.88 bits per heavy atom. The molecule has 0 spiro atoms. The topological polar surface area (TPSA) is 193 Å². The molecule has 0 radical (unpaired) electrons. The number of benzene rings is 1. The summed E-state index contributed by atoms with van der Waals surface area (Å²) in [5.41, 5.74) is 5.30. The van der Waals surface area contributed by atoms with Crippen LogP contribution in [0.3, 0.4) is 0 Å². The van der Waals surface area contributed by atoms with Crippen LogP contribution in [0.1, 0.15) is 62.3 Å². The number of Topliss-reactive ketones (excluding diaryl/α,β-unsaturated/α-hetero) is 1. The summed E-state index contributed by atoms with van der Waals surface area (Å²) in [6, 6.07) is 11.4. The summed E-state index contributed by atoms with van der Waals surface area (Å²) < 4.78 is 23.1. The van der Waals surface area contributed by atoms with Gasteiger partial charge in [0.05, 0.1) is 5.92 Å². The second kappa shape index (κ2) is 11.5. The zero-order valence-electron chi connectivity index (χ0n) is 22.8. The van der Waals surface area contributed by atoms with Gasteiger partial charge in [-0.25, -0.2) is 4.79 Å². The number of esters is 2. The van der Waals surface area contributed by atoms with Crippen molar-refractivity contribution in [3.8, 4) is 6.07 Å². The monoisotopic (exact) mass is 576 g/mol. The maximum Gasteiger partial charge on any atom is 0.330 e. The molecule has 1 fully saturated rings. The van der Waals surface area contributed by atoms with Crippen LogP contribution in [0.4, 0.5) is 0 Å². The van der Waals surface area contributed by atoms with Crippen molar-refractivity contribution in [2.75, 3.05) is 6.61 Å². The molecular weight excluding hydrogens is 548 g/mol. The van der Waals surface area contributed by atoms with E-state index in [-0.39, 0.29) is 59.5 Å². The van der Waals surface area contributed by atoms with Crippen molar-refractivity contribution in [3.63, 3.8) is 0 Å². The first-order valence-corrected chi connectivity index (χ1v) is 13.3. The maximum absolute atomic E-state index is 13.6. The van der Waals surface area contributed by atoms with Crippen LogP contribution in [0.15, 0.2) is 68.9 Å². The maximum atomic E-state index is 13.6. The third kappa shape index (κ3) is 5.48. The van der Waals surface area contributed by atoms with E-state index in [9.17, 15) is 29.2 Å². The summed E-state index contributed by atoms with van der Waals surface area (Å²) in [5, 5.41) is 9.99. The van der Waals surface area contributed by atoms with Gasteiger partial charge in [-0.3, -0.25) is 28.7 Å². The summed E-state index contributed by atoms with van der Waals surface area (Å²) in [6.07, 6.45) is -1.14. The molecule has 1 aliphatic carbocycles. The molecule has 2 aliphatic heterocycles. The molecule has 0 amide bonds. The highest BCUT2D eigenvalue weighted by Gasteiger charge is 2.44. The second-order valence-electron chi connectivity index (χ2n) is 10.3. The fourth-order valence-corrected chi connectivity index (χ4v) is 5.66. The predicted molar refractivity (Wildman–Crippen MR) is 143 cm³/mol. The first-order chi connectivity index (χ1) is 20.1. The van der Waals surface area contributed by atoms with Crippen LogP contribution in [-0.4, -0.2) is 46.1 Å². The third-order valence-corrected chi connectivity index (χ3v) is 7.50. The first kappa shape index (κ1) is 28.6. The summed E-state index contributed by atoms with van der Waals surface area (Å²) in [5.74, 6) is -2.86. The van der Waals surface area contributed by atoms with Crippen LogP contribution in [0.2, 0.25) is 0 Å². The SMILES string of the molecule is CC(=O)OC[C@H]1O[C@@H](n2cc(C3C(C#N)=C(N)OC4=C3C(=O)CC(c3ccccc3)C4)c(=O)[nH]c2=O)C[C@@H]1OC(C)=O. The average molecular weight is 577 g/mol. The first-order valence-electron chi connectivity index (χ1n) is 13.3. The van der Waals surface area contributed by atoms with Gasteiger partial charge in [0.15, 0.2) is 5.78 Å². The van der Waals surface area contributed by atoms with Crippen LogP contribution in [0.5, 0.6) is 0 Å². The number of hydrogen-bond acceptors (Lipinski definition) is 11. The van der Waals surface area contributed by atoms with Gasteiger partial charge in [0.1, 0.15) is 42.4 Å². The molecule has 1 aromatic heterocycles. The Hall–Kier alpha value is -4.96. The van der Waals surface area contributed by atoms with Crippen molar-refractivity contribution in [2.45, 2.75) is 63.4 Å². The van der Waals surface area contributed by atoms with Crippen LogP contribution in [-0.2, 0) is 33.3 Å². The highest BCUT2D eigenvalue weighted by molar-refractivity contribution is 6.00. The van der Waals surface area contributed by atoms with Gasteiger partial charge >= 0.3 is 17.6 Å². The Morgan fingerprint density at radius 1 is 1.14 bits per heavy atom. The number of aromatic nitrogens is 2. The molecule has 5 rings (SSSR count). The molecule has 0 saturated carbocycles. The number of H-pyrrole nitrogens is 1. The number of carbonyl (C=O) groups is 3. The molecule has 218 valence electrons. The van der Waals surface area contributed by atoms with Crippen LogP contribution < -0.4 is 17.0 Å². The number of allylic oxidation sites excluding steroid dienone is 3. The third-order valence-electron chi connectivity index (χ3n) is 7.50. The predicted octanol–water partition coefficient (Wildman–Crippen LogP) is 1.53.